The van der Waals surface area contributed by atoms with Gasteiger partial charge >= 0.3 is 0 Å². The number of benzene rings is 1. The molecule has 5 nitrogen and oxygen atoms in total. The van der Waals surface area contributed by atoms with Gasteiger partial charge in [0.05, 0.1) is 18.6 Å². The molecule has 4 saturated carbocycles. The van der Waals surface area contributed by atoms with Crippen LogP contribution in [0, 0.1) is 23.7 Å². The topological polar surface area (TPSA) is 56.8 Å². The summed E-state index contributed by atoms with van der Waals surface area (Å²) < 4.78 is 17.5. The molecule has 4 aliphatic carbocycles. The third kappa shape index (κ3) is 3.98. The van der Waals surface area contributed by atoms with Crippen LogP contribution in [0.2, 0.25) is 0 Å². The molecule has 1 heterocycles. The maximum absolute atomic E-state index is 12.6. The van der Waals surface area contributed by atoms with Crippen LogP contribution in [0.25, 0.3) is 0 Å². The van der Waals surface area contributed by atoms with Crippen molar-refractivity contribution in [2.75, 3.05) is 26.9 Å². The van der Waals surface area contributed by atoms with Crippen LogP contribution in [0.15, 0.2) is 18.2 Å². The van der Waals surface area contributed by atoms with Gasteiger partial charge in [-0.25, -0.2) is 0 Å². The van der Waals surface area contributed by atoms with E-state index in [0.717, 1.165) is 47.8 Å². The summed E-state index contributed by atoms with van der Waals surface area (Å²) in [6.07, 6.45) is 9.72. The number of carbonyl (C=O) groups excluding carboxylic acids is 1. The average molecular weight is 400 g/mol. The molecule has 0 aromatic heterocycles. The Labute approximate surface area is 173 Å². The second-order valence-corrected chi connectivity index (χ2v) is 9.78. The Kier molecular flexibility index (Phi) is 5.19. The molecule has 1 atom stereocenters. The maximum Gasteiger partial charge on any atom is 0.226 e. The minimum Gasteiger partial charge on any atom is -0.497 e. The number of hydrogen-bond acceptors (Lipinski definition) is 4. The van der Waals surface area contributed by atoms with Gasteiger partial charge in [0.1, 0.15) is 18.1 Å². The highest BCUT2D eigenvalue weighted by molar-refractivity contribution is 5.79. The number of hydrogen-bond donors (Lipinski definition) is 1. The van der Waals surface area contributed by atoms with Crippen LogP contribution < -0.4 is 14.8 Å². The highest BCUT2D eigenvalue weighted by Gasteiger charge is 2.51. The lowest BCUT2D eigenvalue weighted by molar-refractivity contribution is -0.162. The van der Waals surface area contributed by atoms with Gasteiger partial charge in [0.15, 0.2) is 0 Å². The van der Waals surface area contributed by atoms with E-state index in [-0.39, 0.29) is 17.4 Å². The van der Waals surface area contributed by atoms with Crippen molar-refractivity contribution in [2.24, 2.45) is 23.7 Å². The Morgan fingerprint density at radius 1 is 1.17 bits per heavy atom. The van der Waals surface area contributed by atoms with Gasteiger partial charge in [0.25, 0.3) is 0 Å². The van der Waals surface area contributed by atoms with Crippen LogP contribution in [0.1, 0.15) is 50.5 Å². The predicted molar refractivity (Wildman–Crippen MR) is 110 cm³/mol. The second-order valence-electron chi connectivity index (χ2n) is 9.78. The van der Waals surface area contributed by atoms with E-state index >= 15 is 0 Å². The standard InChI is InChI=1S/C24H33NO4/c1-27-21-3-4-22-19(11-21)10-20(15-28-22)23(26)25-5-2-6-29-24-12-16-7-17(13-24)9-18(8-16)14-24/h3-4,11,16-18,20H,2,5-10,12-15H2,1H3,(H,25,26). The zero-order chi connectivity index (χ0) is 19.8. The SMILES string of the molecule is COc1ccc2c(c1)CC(C(=O)NCCCOC13CC4CC(CC(C4)C1)C3)CO2. The summed E-state index contributed by atoms with van der Waals surface area (Å²) in [6.45, 7) is 1.87. The molecule has 158 valence electrons. The molecule has 1 aromatic carbocycles. The number of fused-ring (bicyclic) bond motifs is 1. The van der Waals surface area contributed by atoms with Crippen LogP contribution in [0.5, 0.6) is 11.5 Å². The Morgan fingerprint density at radius 3 is 2.59 bits per heavy atom. The second kappa shape index (κ2) is 7.82. The molecule has 29 heavy (non-hydrogen) atoms. The molecule has 5 heteroatoms. The molecule has 5 aliphatic rings. The number of methoxy groups -OCH3 is 1. The van der Waals surface area contributed by atoms with Crippen LogP contribution in [-0.2, 0) is 16.0 Å². The fraction of sp³-hybridized carbons (Fsp3) is 0.708. The van der Waals surface area contributed by atoms with Crippen molar-refractivity contribution in [1.29, 1.82) is 0 Å². The van der Waals surface area contributed by atoms with Crippen LogP contribution >= 0.6 is 0 Å². The van der Waals surface area contributed by atoms with Gasteiger partial charge in [-0.15, -0.1) is 0 Å². The number of amides is 1. The summed E-state index contributed by atoms with van der Waals surface area (Å²) in [5, 5.41) is 3.09. The van der Waals surface area contributed by atoms with E-state index in [1.807, 2.05) is 18.2 Å². The molecule has 0 saturated heterocycles. The van der Waals surface area contributed by atoms with Crippen molar-refractivity contribution in [3.8, 4) is 11.5 Å². The molecule has 1 unspecified atom stereocenters. The molecule has 6 rings (SSSR count). The van der Waals surface area contributed by atoms with E-state index in [2.05, 4.69) is 5.32 Å². The zero-order valence-electron chi connectivity index (χ0n) is 17.5. The first-order valence-electron chi connectivity index (χ1n) is 11.3. The fourth-order valence-electron chi connectivity index (χ4n) is 6.59. The highest BCUT2D eigenvalue weighted by atomic mass is 16.5. The summed E-state index contributed by atoms with van der Waals surface area (Å²) in [4.78, 5) is 12.6. The highest BCUT2D eigenvalue weighted by Crippen LogP contribution is 2.57. The van der Waals surface area contributed by atoms with E-state index in [9.17, 15) is 4.79 Å². The molecule has 0 spiro atoms. The summed E-state index contributed by atoms with van der Waals surface area (Å²) >= 11 is 0. The van der Waals surface area contributed by atoms with Gasteiger partial charge in [0, 0.05) is 13.2 Å². The van der Waals surface area contributed by atoms with E-state index in [0.29, 0.717) is 19.6 Å². The van der Waals surface area contributed by atoms with Crippen LogP contribution in [-0.4, -0.2) is 38.4 Å². The summed E-state index contributed by atoms with van der Waals surface area (Å²) in [5.41, 5.74) is 1.21. The largest absolute Gasteiger partial charge is 0.497 e. The number of nitrogens with one attached hydrogen (secondary N) is 1. The Morgan fingerprint density at radius 2 is 1.90 bits per heavy atom. The van der Waals surface area contributed by atoms with Gasteiger partial charge in [-0.05, 0) is 92.9 Å². The summed E-state index contributed by atoms with van der Waals surface area (Å²) in [7, 11) is 1.65. The molecule has 1 N–H and O–H groups in total. The van der Waals surface area contributed by atoms with E-state index in [1.165, 1.54) is 38.5 Å². The van der Waals surface area contributed by atoms with Crippen LogP contribution in [0.4, 0.5) is 0 Å². The molecule has 4 bridgehead atoms. The molecular weight excluding hydrogens is 366 g/mol. The van der Waals surface area contributed by atoms with E-state index in [4.69, 9.17) is 14.2 Å². The smallest absolute Gasteiger partial charge is 0.226 e. The quantitative estimate of drug-likeness (QED) is 0.710. The predicted octanol–water partition coefficient (Wildman–Crippen LogP) is 3.74. The van der Waals surface area contributed by atoms with Crippen molar-refractivity contribution in [1.82, 2.24) is 5.32 Å². The fourth-order valence-corrected chi connectivity index (χ4v) is 6.59. The Hall–Kier alpha value is -1.75. The number of carbonyl (C=O) groups is 1. The molecular formula is C24H33NO4. The Bertz CT molecular complexity index is 726. The van der Waals surface area contributed by atoms with Crippen molar-refractivity contribution in [3.05, 3.63) is 23.8 Å². The van der Waals surface area contributed by atoms with Gasteiger partial charge in [-0.1, -0.05) is 0 Å². The van der Waals surface area contributed by atoms with Crippen LogP contribution in [0.3, 0.4) is 0 Å². The average Bonchev–Trinajstić information content (AvgIpc) is 2.71. The van der Waals surface area contributed by atoms with Gasteiger partial charge in [0.2, 0.25) is 5.91 Å². The lowest BCUT2D eigenvalue weighted by Gasteiger charge is -2.56. The van der Waals surface area contributed by atoms with E-state index < -0.39 is 0 Å². The summed E-state index contributed by atoms with van der Waals surface area (Å²) in [5.74, 6) is 4.33. The van der Waals surface area contributed by atoms with E-state index in [1.54, 1.807) is 7.11 Å². The van der Waals surface area contributed by atoms with Crippen molar-refractivity contribution < 1.29 is 19.0 Å². The first-order chi connectivity index (χ1) is 14.1. The normalized spacial score (nSPS) is 34.4. The number of ether oxygens (including phenoxy) is 3. The molecule has 0 radical (unpaired) electrons. The minimum absolute atomic E-state index is 0.0771. The number of rotatable bonds is 7. The van der Waals surface area contributed by atoms with Gasteiger partial charge in [-0.2, -0.15) is 0 Å². The van der Waals surface area contributed by atoms with Crippen molar-refractivity contribution in [3.63, 3.8) is 0 Å². The lowest BCUT2D eigenvalue weighted by atomic mass is 9.54. The first-order valence-corrected chi connectivity index (χ1v) is 11.3. The zero-order valence-corrected chi connectivity index (χ0v) is 17.5. The third-order valence-corrected chi connectivity index (χ3v) is 7.56. The Balaban J connectivity index is 1.06. The van der Waals surface area contributed by atoms with Gasteiger partial charge < -0.3 is 19.5 Å². The maximum atomic E-state index is 12.6. The minimum atomic E-state index is -0.140. The lowest BCUT2D eigenvalue weighted by Crippen LogP contribution is -2.52. The van der Waals surface area contributed by atoms with Gasteiger partial charge in [-0.3, -0.25) is 4.79 Å². The molecule has 1 aromatic rings. The summed E-state index contributed by atoms with van der Waals surface area (Å²) in [6, 6.07) is 5.78. The van der Waals surface area contributed by atoms with Crippen molar-refractivity contribution >= 4 is 5.91 Å². The molecule has 4 fully saturated rings. The molecule has 1 amide bonds. The monoisotopic (exact) mass is 399 g/mol. The molecule has 1 aliphatic heterocycles. The third-order valence-electron chi connectivity index (χ3n) is 7.56. The first kappa shape index (κ1) is 19.2. The van der Waals surface area contributed by atoms with Crippen molar-refractivity contribution in [2.45, 2.75) is 57.0 Å².